The molecule has 174 valence electrons. The second-order valence-corrected chi connectivity index (χ2v) is 10.5. The maximum atomic E-state index is 9.87. The van der Waals surface area contributed by atoms with E-state index in [-0.39, 0.29) is 0 Å². The first-order valence-electron chi connectivity index (χ1n) is 9.57. The largest absolute Gasteiger partial charge is 0.159 e. The number of rotatable bonds is 4. The Hall–Kier alpha value is -2.41. The van der Waals surface area contributed by atoms with Crippen molar-refractivity contribution in [2.45, 2.75) is 14.7 Å². The molecule has 0 aromatic heterocycles. The summed E-state index contributed by atoms with van der Waals surface area (Å²) in [6.45, 7) is 0. The van der Waals surface area contributed by atoms with Crippen molar-refractivity contribution >= 4 is 32.2 Å². The van der Waals surface area contributed by atoms with Gasteiger partial charge < -0.3 is 0 Å². The Labute approximate surface area is 197 Å². The van der Waals surface area contributed by atoms with Gasteiger partial charge in [-0.1, -0.05) is 90.6 Å². The van der Waals surface area contributed by atoms with E-state index in [9.17, 15) is 25.2 Å². The van der Waals surface area contributed by atoms with Gasteiger partial charge in [-0.15, -0.1) is 0 Å². The van der Waals surface area contributed by atoms with Crippen LogP contribution in [0.3, 0.4) is 0 Å². The summed E-state index contributed by atoms with van der Waals surface area (Å²) in [4.78, 5) is 3.61. The molecule has 0 aliphatic heterocycles. The van der Waals surface area contributed by atoms with Crippen molar-refractivity contribution in [1.29, 1.82) is 0 Å². The van der Waals surface area contributed by atoms with Gasteiger partial charge in [0.05, 0.1) is 5.56 Å². The van der Waals surface area contributed by atoms with E-state index in [2.05, 4.69) is 116 Å². The molecule has 0 N–H and O–H groups in total. The van der Waals surface area contributed by atoms with Crippen LogP contribution in [0.2, 0.25) is 0 Å². The molecule has 0 unspecified atom stereocenters. The van der Waals surface area contributed by atoms with Crippen LogP contribution in [0.1, 0.15) is 0 Å². The molecule has 4 aromatic carbocycles. The monoisotopic (exact) mass is 516 g/mol. The number of hydrogen-bond acceptors (Lipinski definition) is 1. The summed E-state index contributed by atoms with van der Waals surface area (Å²) in [5, 5.41) is 0. The molecule has 0 saturated heterocycles. The Morgan fingerprint density at radius 2 is 0.970 bits per heavy atom. The van der Waals surface area contributed by atoms with E-state index in [1.165, 1.54) is 32.0 Å². The van der Waals surface area contributed by atoms with Crippen molar-refractivity contribution in [3.05, 3.63) is 103 Å². The Morgan fingerprint density at radius 1 is 0.545 bits per heavy atom. The maximum Gasteiger partial charge on any atom is 0.159 e. The number of halogens is 6. The molecular formula is C24H19F6PS2. The summed E-state index contributed by atoms with van der Waals surface area (Å²) in [6.07, 6.45) is 0. The third-order valence-corrected chi connectivity index (χ3v) is 5.82. The summed E-state index contributed by atoms with van der Waals surface area (Å²) in [6, 6.07) is 36.1. The molecule has 4 aromatic rings. The van der Waals surface area contributed by atoms with Gasteiger partial charge in [-0.2, -0.15) is 0 Å². The van der Waals surface area contributed by atoms with Crippen LogP contribution in [0.5, 0.6) is 0 Å². The van der Waals surface area contributed by atoms with Gasteiger partial charge in [0.15, 0.2) is 4.90 Å². The van der Waals surface area contributed by atoms with Crippen LogP contribution in [0.15, 0.2) is 118 Å². The molecule has 0 aliphatic rings. The molecule has 9 heteroatoms. The summed E-state index contributed by atoms with van der Waals surface area (Å²) in [5.41, 5.74) is 4.93. The van der Waals surface area contributed by atoms with E-state index in [1.807, 2.05) is 11.8 Å². The van der Waals surface area contributed by atoms with Crippen molar-refractivity contribution in [2.24, 2.45) is 0 Å². The normalized spacial score (nSPS) is 13.3. The zero-order valence-electron chi connectivity index (χ0n) is 16.9. The van der Waals surface area contributed by atoms with Gasteiger partial charge in [0.1, 0.15) is 0 Å². The van der Waals surface area contributed by atoms with Crippen LogP contribution in [0.25, 0.3) is 22.3 Å². The number of hydrogen-bond donors (Lipinski definition) is 0. The molecule has 0 bridgehead atoms. The number of benzene rings is 4. The second-order valence-electron chi connectivity index (χ2n) is 6.97. The van der Waals surface area contributed by atoms with E-state index in [0.29, 0.717) is 0 Å². The van der Waals surface area contributed by atoms with Gasteiger partial charge in [0.25, 0.3) is 0 Å². The van der Waals surface area contributed by atoms with Crippen LogP contribution >= 0.6 is 19.6 Å². The zero-order chi connectivity index (χ0) is 24.2. The van der Waals surface area contributed by atoms with Crippen molar-refractivity contribution in [3.8, 4) is 22.3 Å². The van der Waals surface area contributed by atoms with E-state index in [0.717, 1.165) is 4.90 Å². The quantitative estimate of drug-likeness (QED) is 0.148. The fourth-order valence-corrected chi connectivity index (χ4v) is 4.63. The first-order chi connectivity index (χ1) is 15.3. The van der Waals surface area contributed by atoms with Crippen molar-refractivity contribution < 1.29 is 25.2 Å². The van der Waals surface area contributed by atoms with Crippen LogP contribution in [0, 0.1) is 0 Å². The second kappa shape index (κ2) is 9.09. The summed E-state index contributed by atoms with van der Waals surface area (Å²) in [5.74, 6) is 0. The van der Waals surface area contributed by atoms with Crippen LogP contribution in [-0.2, 0) is 12.6 Å². The smallest absolute Gasteiger partial charge is 0.0886 e. The molecule has 4 rings (SSSR count). The molecule has 0 aliphatic carbocycles. The SMILES string of the molecule is F[P-](F)(F)(F)(F)F.[SH2+]c1ccc(-c2ccccc2)c(Sc2ccccc2)c1-c1ccccc1. The third-order valence-electron chi connectivity index (χ3n) is 4.27. The van der Waals surface area contributed by atoms with Gasteiger partial charge in [0, 0.05) is 9.79 Å². The third kappa shape index (κ3) is 8.80. The topological polar surface area (TPSA) is 0 Å². The van der Waals surface area contributed by atoms with E-state index in [1.54, 1.807) is 0 Å². The fraction of sp³-hybridized carbons (Fsp3) is 0. The van der Waals surface area contributed by atoms with Crippen molar-refractivity contribution in [2.75, 3.05) is 0 Å². The summed E-state index contributed by atoms with van der Waals surface area (Å²) < 4.78 is 59.2. The molecule has 0 fully saturated rings. The molecule has 0 amide bonds. The summed E-state index contributed by atoms with van der Waals surface area (Å²) >= 11 is 5.66. The molecule has 33 heavy (non-hydrogen) atoms. The van der Waals surface area contributed by atoms with Gasteiger partial charge in [-0.3, -0.25) is 0 Å². The first kappa shape index (κ1) is 25.2. The molecule has 0 heterocycles. The standard InChI is InChI=1S/C24H18S2.F6P/c25-22-17-16-21(18-10-4-1-5-11-18)24(26-20-14-8-3-9-15-20)23(22)19-12-6-2-7-13-19;1-7(2,3,4,5)6/h1-17,25H;/q;-1/p+1. The van der Waals surface area contributed by atoms with Gasteiger partial charge in [0.2, 0.25) is 0 Å². The van der Waals surface area contributed by atoms with Crippen LogP contribution in [-0.4, -0.2) is 0 Å². The maximum absolute atomic E-state index is 10.7. The van der Waals surface area contributed by atoms with Gasteiger partial charge in [-0.05, 0) is 53.6 Å². The molecule has 0 radical (unpaired) electrons. The first-order valence-corrected chi connectivity index (χ1v) is 12.9. The molecule has 0 spiro atoms. The minimum absolute atomic E-state index is 1.11. The van der Waals surface area contributed by atoms with Gasteiger partial charge >= 0.3 is 33.0 Å². The van der Waals surface area contributed by atoms with Crippen molar-refractivity contribution in [3.63, 3.8) is 0 Å². The van der Waals surface area contributed by atoms with Gasteiger partial charge in [-0.25, -0.2) is 0 Å². The van der Waals surface area contributed by atoms with E-state index < -0.39 is 7.81 Å². The minimum atomic E-state index is -10.7. The van der Waals surface area contributed by atoms with Crippen molar-refractivity contribution in [1.82, 2.24) is 0 Å². The Morgan fingerprint density at radius 3 is 1.45 bits per heavy atom. The van der Waals surface area contributed by atoms with E-state index in [4.69, 9.17) is 0 Å². The average molecular weight is 517 g/mol. The fourth-order valence-electron chi connectivity index (χ4n) is 3.03. The summed E-state index contributed by atoms with van der Waals surface area (Å²) in [7, 11) is -10.7. The Kier molecular flexibility index (Phi) is 6.94. The Bertz CT molecular complexity index is 1200. The van der Waals surface area contributed by atoms with Crippen LogP contribution < -0.4 is 0 Å². The van der Waals surface area contributed by atoms with Crippen LogP contribution in [0.4, 0.5) is 25.2 Å². The average Bonchev–Trinajstić information content (AvgIpc) is 2.74. The molecule has 0 saturated carbocycles. The van der Waals surface area contributed by atoms with E-state index >= 15 is 0 Å². The molecule has 0 atom stereocenters. The molecular weight excluding hydrogens is 497 g/mol. The zero-order valence-corrected chi connectivity index (χ0v) is 19.6. The molecule has 0 nitrogen and oxygen atoms in total. The Balaban J connectivity index is 0.000000383. The predicted molar refractivity (Wildman–Crippen MR) is 130 cm³/mol. The minimum Gasteiger partial charge on any atom is -0.0886 e. The predicted octanol–water partition coefficient (Wildman–Crippen LogP) is 9.92.